The number of hydrogen-bond acceptors (Lipinski definition) is 4. The molecule has 0 amide bonds. The van der Waals surface area contributed by atoms with Crippen molar-refractivity contribution in [3.63, 3.8) is 0 Å². The quantitative estimate of drug-likeness (QED) is 0.733. The molecule has 0 spiro atoms. The third kappa shape index (κ3) is 3.41. The number of nitrogens with two attached hydrogens (primary N) is 1. The van der Waals surface area contributed by atoms with Crippen LogP contribution < -0.4 is 10.6 Å². The van der Waals surface area contributed by atoms with Crippen molar-refractivity contribution in [3.05, 3.63) is 66.2 Å². The molecular weight excluding hydrogens is 331 g/mol. The van der Waals surface area contributed by atoms with E-state index in [1.165, 1.54) is 0 Å². The number of morpholine rings is 1. The van der Waals surface area contributed by atoms with E-state index >= 15 is 0 Å². The van der Waals surface area contributed by atoms with E-state index in [-0.39, 0.29) is 5.82 Å². The molecule has 2 heterocycles. The van der Waals surface area contributed by atoms with E-state index in [1.54, 1.807) is 23.0 Å². The first-order valence-electron chi connectivity index (χ1n) is 8.69. The van der Waals surface area contributed by atoms with Crippen molar-refractivity contribution < 1.29 is 9.13 Å². The van der Waals surface area contributed by atoms with Crippen LogP contribution in [-0.2, 0) is 11.3 Å². The van der Waals surface area contributed by atoms with Crippen molar-refractivity contribution in [1.29, 1.82) is 0 Å². The number of rotatable bonds is 4. The third-order valence-electron chi connectivity index (χ3n) is 4.67. The number of benzene rings is 2. The maximum Gasteiger partial charge on any atom is 0.128 e. The summed E-state index contributed by atoms with van der Waals surface area (Å²) in [5.41, 5.74) is 10.2. The number of ether oxygens (including phenoxy) is 1. The van der Waals surface area contributed by atoms with E-state index < -0.39 is 0 Å². The molecule has 1 aliphatic heterocycles. The Balaban J connectivity index is 1.57. The first kappa shape index (κ1) is 16.6. The molecular formula is C20H21FN4O. The minimum absolute atomic E-state index is 0.255. The molecule has 1 aromatic heterocycles. The Hall–Kier alpha value is -2.86. The Morgan fingerprint density at radius 2 is 1.96 bits per heavy atom. The van der Waals surface area contributed by atoms with Gasteiger partial charge < -0.3 is 15.4 Å². The summed E-state index contributed by atoms with van der Waals surface area (Å²) in [6.45, 7) is 3.57. The highest BCUT2D eigenvalue weighted by molar-refractivity contribution is 5.79. The summed E-state index contributed by atoms with van der Waals surface area (Å²) in [4.78, 5) is 2.25. The maximum atomic E-state index is 14.5. The average molecular weight is 352 g/mol. The predicted molar refractivity (Wildman–Crippen MR) is 101 cm³/mol. The zero-order valence-corrected chi connectivity index (χ0v) is 14.4. The van der Waals surface area contributed by atoms with Gasteiger partial charge in [0.25, 0.3) is 0 Å². The summed E-state index contributed by atoms with van der Waals surface area (Å²) < 4.78 is 21.6. The van der Waals surface area contributed by atoms with E-state index in [1.807, 2.05) is 36.5 Å². The van der Waals surface area contributed by atoms with Gasteiger partial charge in [-0.05, 0) is 29.8 Å². The van der Waals surface area contributed by atoms with Gasteiger partial charge in [-0.15, -0.1) is 0 Å². The highest BCUT2D eigenvalue weighted by Gasteiger charge is 2.14. The first-order chi connectivity index (χ1) is 12.7. The molecule has 6 heteroatoms. The van der Waals surface area contributed by atoms with E-state index in [0.717, 1.165) is 43.1 Å². The molecule has 134 valence electrons. The fourth-order valence-electron chi connectivity index (χ4n) is 3.24. The predicted octanol–water partition coefficient (Wildman–Crippen LogP) is 3.16. The van der Waals surface area contributed by atoms with E-state index in [4.69, 9.17) is 10.5 Å². The van der Waals surface area contributed by atoms with Crippen LogP contribution in [0.5, 0.6) is 0 Å². The van der Waals surface area contributed by atoms with Crippen molar-refractivity contribution >= 4 is 11.4 Å². The topological polar surface area (TPSA) is 56.3 Å². The smallest absolute Gasteiger partial charge is 0.128 e. The lowest BCUT2D eigenvalue weighted by molar-refractivity contribution is 0.122. The van der Waals surface area contributed by atoms with Crippen LogP contribution in [-0.4, -0.2) is 36.1 Å². The van der Waals surface area contributed by atoms with Gasteiger partial charge in [-0.3, -0.25) is 4.68 Å². The summed E-state index contributed by atoms with van der Waals surface area (Å²) in [5.74, 6) is -0.255. The highest BCUT2D eigenvalue weighted by atomic mass is 19.1. The zero-order valence-electron chi connectivity index (χ0n) is 14.4. The molecule has 0 radical (unpaired) electrons. The highest BCUT2D eigenvalue weighted by Crippen LogP contribution is 2.31. The van der Waals surface area contributed by atoms with Crippen LogP contribution in [0.2, 0.25) is 0 Å². The molecule has 1 aliphatic rings. The van der Waals surface area contributed by atoms with Gasteiger partial charge in [0.15, 0.2) is 0 Å². The van der Waals surface area contributed by atoms with Gasteiger partial charge in [-0.2, -0.15) is 5.10 Å². The Labute approximate surface area is 151 Å². The largest absolute Gasteiger partial charge is 0.398 e. The van der Waals surface area contributed by atoms with Crippen molar-refractivity contribution in [3.8, 4) is 11.1 Å². The van der Waals surface area contributed by atoms with E-state index in [0.29, 0.717) is 17.8 Å². The van der Waals surface area contributed by atoms with Crippen LogP contribution in [0.25, 0.3) is 11.1 Å². The normalized spacial score (nSPS) is 14.6. The lowest BCUT2D eigenvalue weighted by Gasteiger charge is -2.29. The molecule has 0 bridgehead atoms. The molecule has 2 aromatic carbocycles. The molecule has 0 saturated carbocycles. The molecule has 0 unspecified atom stereocenters. The number of halogens is 1. The minimum Gasteiger partial charge on any atom is -0.398 e. The summed E-state index contributed by atoms with van der Waals surface area (Å²) in [6, 6.07) is 13.0. The number of hydrogen-bond donors (Lipinski definition) is 1. The van der Waals surface area contributed by atoms with Crippen molar-refractivity contribution in [2.75, 3.05) is 36.9 Å². The fourth-order valence-corrected chi connectivity index (χ4v) is 3.24. The minimum atomic E-state index is -0.255. The first-order valence-corrected chi connectivity index (χ1v) is 8.69. The summed E-state index contributed by atoms with van der Waals surface area (Å²) >= 11 is 0. The number of aromatic nitrogens is 2. The molecule has 5 nitrogen and oxygen atoms in total. The second-order valence-electron chi connectivity index (χ2n) is 6.38. The van der Waals surface area contributed by atoms with Crippen LogP contribution in [0.4, 0.5) is 15.8 Å². The Morgan fingerprint density at radius 1 is 1.12 bits per heavy atom. The molecule has 1 saturated heterocycles. The van der Waals surface area contributed by atoms with Gasteiger partial charge in [0.05, 0.1) is 19.8 Å². The van der Waals surface area contributed by atoms with Crippen molar-refractivity contribution in [1.82, 2.24) is 9.78 Å². The van der Waals surface area contributed by atoms with Crippen LogP contribution in [0, 0.1) is 5.82 Å². The number of anilines is 2. The van der Waals surface area contributed by atoms with Crippen LogP contribution in [0.15, 0.2) is 54.9 Å². The lowest BCUT2D eigenvalue weighted by Crippen LogP contribution is -2.36. The second kappa shape index (κ2) is 7.17. The zero-order chi connectivity index (χ0) is 17.9. The number of nitrogens with zero attached hydrogens (tertiary/aromatic N) is 3. The van der Waals surface area contributed by atoms with Gasteiger partial charge in [0.2, 0.25) is 0 Å². The van der Waals surface area contributed by atoms with Gasteiger partial charge in [-0.25, -0.2) is 4.39 Å². The SMILES string of the molecule is Nc1cc(N2CCOCC2)ccc1-c1ccc(Cn2cccn2)c(F)c1. The Kier molecular flexibility index (Phi) is 4.58. The van der Waals surface area contributed by atoms with Crippen LogP contribution in [0.1, 0.15) is 5.56 Å². The maximum absolute atomic E-state index is 14.5. The van der Waals surface area contributed by atoms with Gasteiger partial charge in [0.1, 0.15) is 5.82 Å². The van der Waals surface area contributed by atoms with Gasteiger partial charge in [0, 0.05) is 48.0 Å². The lowest BCUT2D eigenvalue weighted by atomic mass is 10.0. The van der Waals surface area contributed by atoms with E-state index in [9.17, 15) is 4.39 Å². The average Bonchev–Trinajstić information content (AvgIpc) is 3.17. The standard InChI is InChI=1S/C20H21FN4O/c21-19-12-15(2-3-16(19)14-25-7-1-6-23-25)18-5-4-17(13-20(18)22)24-8-10-26-11-9-24/h1-7,12-13H,8-11,14,22H2. The van der Waals surface area contributed by atoms with Crippen LogP contribution >= 0.6 is 0 Å². The second-order valence-corrected chi connectivity index (χ2v) is 6.38. The van der Waals surface area contributed by atoms with Gasteiger partial charge in [-0.1, -0.05) is 18.2 Å². The molecule has 2 N–H and O–H groups in total. The van der Waals surface area contributed by atoms with Crippen LogP contribution in [0.3, 0.4) is 0 Å². The third-order valence-corrected chi connectivity index (χ3v) is 4.67. The van der Waals surface area contributed by atoms with Crippen molar-refractivity contribution in [2.24, 2.45) is 0 Å². The van der Waals surface area contributed by atoms with Gasteiger partial charge >= 0.3 is 0 Å². The summed E-state index contributed by atoms with van der Waals surface area (Å²) in [7, 11) is 0. The Morgan fingerprint density at radius 3 is 2.65 bits per heavy atom. The molecule has 0 atom stereocenters. The molecule has 0 aliphatic carbocycles. The molecule has 1 fully saturated rings. The molecule has 26 heavy (non-hydrogen) atoms. The summed E-state index contributed by atoms with van der Waals surface area (Å²) in [5, 5.41) is 4.12. The summed E-state index contributed by atoms with van der Waals surface area (Å²) in [6.07, 6.45) is 3.50. The fraction of sp³-hybridized carbons (Fsp3) is 0.250. The molecule has 3 aromatic rings. The van der Waals surface area contributed by atoms with E-state index in [2.05, 4.69) is 10.00 Å². The van der Waals surface area contributed by atoms with Crippen molar-refractivity contribution in [2.45, 2.75) is 6.54 Å². The monoisotopic (exact) mass is 352 g/mol. The Bertz CT molecular complexity index is 889. The number of nitrogen functional groups attached to an aromatic ring is 1. The molecule has 4 rings (SSSR count).